The van der Waals surface area contributed by atoms with E-state index in [0.717, 1.165) is 5.56 Å². The molecule has 3 nitrogen and oxygen atoms in total. The van der Waals surface area contributed by atoms with Crippen LogP contribution in [0.2, 0.25) is 15.4 Å². The number of hydrogen-bond acceptors (Lipinski definition) is 3. The molecular weight excluding hydrogens is 258 g/mol. The van der Waals surface area contributed by atoms with Gasteiger partial charge in [-0.2, -0.15) is 4.98 Å². The van der Waals surface area contributed by atoms with Crippen LogP contribution < -0.4 is 0 Å². The molecule has 2 aromatic rings. The highest BCUT2D eigenvalue weighted by Crippen LogP contribution is 2.26. The normalized spacial score (nSPS) is 10.6. The number of hydrogen-bond donors (Lipinski definition) is 0. The minimum Gasteiger partial charge on any atom is -0.321 e. The summed E-state index contributed by atoms with van der Waals surface area (Å²) in [7, 11) is 0. The van der Waals surface area contributed by atoms with E-state index in [1.54, 1.807) is 18.2 Å². The molecule has 0 aliphatic rings. The van der Waals surface area contributed by atoms with Gasteiger partial charge in [0.2, 0.25) is 0 Å². The zero-order chi connectivity index (χ0) is 10.8. The molecule has 0 aliphatic carbocycles. The molecule has 0 saturated heterocycles. The molecule has 1 heterocycles. The molecule has 0 aliphatic heterocycles. The first-order chi connectivity index (χ1) is 7.16. The standard InChI is InChI=1S/C9H5Cl3N2O/c10-6-2-1-3-7(11)5(6)4-8-13-9(12)15-14-8/h1-3H,4H2. The highest BCUT2D eigenvalue weighted by molar-refractivity contribution is 6.36. The van der Waals surface area contributed by atoms with Crippen molar-refractivity contribution in [2.75, 3.05) is 0 Å². The first kappa shape index (κ1) is 10.7. The van der Waals surface area contributed by atoms with E-state index in [4.69, 9.17) is 34.8 Å². The fourth-order valence-corrected chi connectivity index (χ4v) is 1.83. The van der Waals surface area contributed by atoms with Crippen LogP contribution in [0, 0.1) is 0 Å². The van der Waals surface area contributed by atoms with Crippen LogP contribution in [0.3, 0.4) is 0 Å². The third-order valence-electron chi connectivity index (χ3n) is 1.84. The quantitative estimate of drug-likeness (QED) is 0.830. The van der Waals surface area contributed by atoms with Crippen molar-refractivity contribution in [3.63, 3.8) is 0 Å². The average molecular weight is 264 g/mol. The molecule has 2 rings (SSSR count). The summed E-state index contributed by atoms with van der Waals surface area (Å²) in [5, 5.41) is 4.81. The number of rotatable bonds is 2. The van der Waals surface area contributed by atoms with Gasteiger partial charge < -0.3 is 4.52 Å². The molecule has 78 valence electrons. The maximum absolute atomic E-state index is 5.98. The minimum atomic E-state index is 0.00757. The third kappa shape index (κ3) is 2.43. The fraction of sp³-hybridized carbons (Fsp3) is 0.111. The van der Waals surface area contributed by atoms with Crippen LogP contribution >= 0.6 is 34.8 Å². The van der Waals surface area contributed by atoms with E-state index in [2.05, 4.69) is 14.7 Å². The zero-order valence-electron chi connectivity index (χ0n) is 7.38. The summed E-state index contributed by atoms with van der Waals surface area (Å²) < 4.78 is 4.63. The van der Waals surface area contributed by atoms with Crippen molar-refractivity contribution in [2.24, 2.45) is 0 Å². The molecule has 0 N–H and O–H groups in total. The molecule has 1 aromatic carbocycles. The predicted octanol–water partition coefficient (Wildman–Crippen LogP) is 3.62. The van der Waals surface area contributed by atoms with Gasteiger partial charge in [-0.05, 0) is 29.3 Å². The summed E-state index contributed by atoms with van der Waals surface area (Å²) in [4.78, 5) is 3.86. The zero-order valence-corrected chi connectivity index (χ0v) is 9.64. The molecule has 0 amide bonds. The van der Waals surface area contributed by atoms with Gasteiger partial charge in [0.1, 0.15) is 0 Å². The van der Waals surface area contributed by atoms with E-state index in [-0.39, 0.29) is 5.35 Å². The summed E-state index contributed by atoms with van der Waals surface area (Å²) in [6, 6.07) is 5.28. The summed E-state index contributed by atoms with van der Waals surface area (Å²) >= 11 is 17.5. The second-order valence-corrected chi connectivity index (χ2v) is 3.98. The smallest absolute Gasteiger partial charge is 0.320 e. The van der Waals surface area contributed by atoms with E-state index in [9.17, 15) is 0 Å². The molecule has 6 heteroatoms. The van der Waals surface area contributed by atoms with E-state index < -0.39 is 0 Å². The topological polar surface area (TPSA) is 38.9 Å². The van der Waals surface area contributed by atoms with E-state index in [1.807, 2.05) is 0 Å². The first-order valence-corrected chi connectivity index (χ1v) is 5.21. The lowest BCUT2D eigenvalue weighted by atomic mass is 10.1. The van der Waals surface area contributed by atoms with Crippen LogP contribution in [-0.2, 0) is 6.42 Å². The highest BCUT2D eigenvalue weighted by Gasteiger charge is 2.10. The molecule has 0 atom stereocenters. The maximum Gasteiger partial charge on any atom is 0.320 e. The second-order valence-electron chi connectivity index (χ2n) is 2.84. The molecular formula is C9H5Cl3N2O. The third-order valence-corrected chi connectivity index (χ3v) is 2.70. The Morgan fingerprint density at radius 3 is 2.33 bits per heavy atom. The van der Waals surface area contributed by atoms with Crippen molar-refractivity contribution < 1.29 is 4.52 Å². The Hall–Kier alpha value is -0.770. The van der Waals surface area contributed by atoms with Gasteiger partial charge in [-0.25, -0.2) is 0 Å². The Morgan fingerprint density at radius 2 is 1.80 bits per heavy atom. The summed E-state index contributed by atoms with van der Waals surface area (Å²) in [5.41, 5.74) is 0.762. The summed E-state index contributed by atoms with van der Waals surface area (Å²) in [6.45, 7) is 0. The molecule has 0 saturated carbocycles. The largest absolute Gasteiger partial charge is 0.321 e. The van der Waals surface area contributed by atoms with Crippen LogP contribution in [0.5, 0.6) is 0 Å². The lowest BCUT2D eigenvalue weighted by molar-refractivity contribution is 0.413. The van der Waals surface area contributed by atoms with Gasteiger partial charge in [0.05, 0.1) is 0 Å². The van der Waals surface area contributed by atoms with Crippen molar-refractivity contribution in [2.45, 2.75) is 6.42 Å². The number of halogens is 3. The number of benzene rings is 1. The van der Waals surface area contributed by atoms with Gasteiger partial charge in [0.15, 0.2) is 5.82 Å². The summed E-state index contributed by atoms with van der Waals surface area (Å²) in [5.74, 6) is 0.454. The van der Waals surface area contributed by atoms with Crippen molar-refractivity contribution in [1.29, 1.82) is 0 Å². The van der Waals surface area contributed by atoms with Crippen LogP contribution in [-0.4, -0.2) is 10.1 Å². The maximum atomic E-state index is 5.98. The van der Waals surface area contributed by atoms with E-state index >= 15 is 0 Å². The molecule has 0 radical (unpaired) electrons. The van der Waals surface area contributed by atoms with Gasteiger partial charge in [-0.1, -0.05) is 34.4 Å². The molecule has 0 fully saturated rings. The fourth-order valence-electron chi connectivity index (χ4n) is 1.16. The van der Waals surface area contributed by atoms with Gasteiger partial charge in [0.25, 0.3) is 0 Å². The monoisotopic (exact) mass is 262 g/mol. The Labute approximate surface area is 101 Å². The van der Waals surface area contributed by atoms with Crippen molar-refractivity contribution in [1.82, 2.24) is 10.1 Å². The lowest BCUT2D eigenvalue weighted by Crippen LogP contribution is -1.92. The highest BCUT2D eigenvalue weighted by atomic mass is 35.5. The summed E-state index contributed by atoms with van der Waals surface area (Å²) in [6.07, 6.45) is 0.398. The van der Waals surface area contributed by atoms with Crippen LogP contribution in [0.4, 0.5) is 0 Å². The van der Waals surface area contributed by atoms with E-state index in [1.165, 1.54) is 0 Å². The Balaban J connectivity index is 2.31. The SMILES string of the molecule is Clc1nc(Cc2c(Cl)cccc2Cl)no1. The minimum absolute atomic E-state index is 0.00757. The Morgan fingerprint density at radius 1 is 1.13 bits per heavy atom. The molecule has 0 bridgehead atoms. The number of aromatic nitrogens is 2. The van der Waals surface area contributed by atoms with Gasteiger partial charge >= 0.3 is 5.35 Å². The number of nitrogens with zero attached hydrogens (tertiary/aromatic N) is 2. The molecule has 0 unspecified atom stereocenters. The lowest BCUT2D eigenvalue weighted by Gasteiger charge is -2.02. The van der Waals surface area contributed by atoms with Crippen LogP contribution in [0.15, 0.2) is 22.7 Å². The Bertz CT molecular complexity index is 464. The van der Waals surface area contributed by atoms with Gasteiger partial charge in [0, 0.05) is 16.5 Å². The molecule has 1 aromatic heterocycles. The van der Waals surface area contributed by atoms with Crippen molar-refractivity contribution in [3.8, 4) is 0 Å². The van der Waals surface area contributed by atoms with Gasteiger partial charge in [-0.15, -0.1) is 0 Å². The van der Waals surface area contributed by atoms with Crippen LogP contribution in [0.25, 0.3) is 0 Å². The van der Waals surface area contributed by atoms with E-state index in [0.29, 0.717) is 22.3 Å². The van der Waals surface area contributed by atoms with Gasteiger partial charge in [-0.3, -0.25) is 0 Å². The predicted molar refractivity (Wildman–Crippen MR) is 58.6 cm³/mol. The van der Waals surface area contributed by atoms with Crippen LogP contribution in [0.1, 0.15) is 11.4 Å². The second kappa shape index (κ2) is 4.39. The van der Waals surface area contributed by atoms with Crippen molar-refractivity contribution >= 4 is 34.8 Å². The Kier molecular flexibility index (Phi) is 3.14. The molecule has 0 spiro atoms. The molecule has 15 heavy (non-hydrogen) atoms. The average Bonchev–Trinajstić information content (AvgIpc) is 2.58. The first-order valence-electron chi connectivity index (χ1n) is 4.08. The van der Waals surface area contributed by atoms with Crippen molar-refractivity contribution in [3.05, 3.63) is 45.0 Å².